The zero-order valence-electron chi connectivity index (χ0n) is 17.9. The van der Waals surface area contributed by atoms with Gasteiger partial charge in [0.15, 0.2) is 11.5 Å². The highest BCUT2D eigenvalue weighted by Gasteiger charge is 2.14. The molecule has 0 saturated heterocycles. The van der Waals surface area contributed by atoms with E-state index in [0.29, 0.717) is 11.5 Å². The Kier molecular flexibility index (Phi) is 8.59. The SMILES string of the molecule is CCN(CC)c1ccc(N/C=C(/C#N)C(=O)NCc2ccc3c(c2)OCO3)c(C)c1.[Cl-]. The van der Waals surface area contributed by atoms with Crippen LogP contribution in [0.25, 0.3) is 0 Å². The van der Waals surface area contributed by atoms with Crippen molar-refractivity contribution in [3.05, 3.63) is 59.3 Å². The first-order valence-electron chi connectivity index (χ1n) is 9.94. The number of carbonyl (C=O) groups is 1. The lowest BCUT2D eigenvalue weighted by Gasteiger charge is -2.22. The molecule has 31 heavy (non-hydrogen) atoms. The molecule has 0 fully saturated rings. The molecule has 0 radical (unpaired) electrons. The maximum Gasteiger partial charge on any atom is 0.263 e. The van der Waals surface area contributed by atoms with Gasteiger partial charge in [0.1, 0.15) is 11.6 Å². The zero-order chi connectivity index (χ0) is 21.5. The van der Waals surface area contributed by atoms with Crippen molar-refractivity contribution in [3.63, 3.8) is 0 Å². The van der Waals surface area contributed by atoms with Gasteiger partial charge in [0, 0.05) is 37.2 Å². The second kappa shape index (κ2) is 11.1. The van der Waals surface area contributed by atoms with Crippen molar-refractivity contribution in [2.75, 3.05) is 30.1 Å². The van der Waals surface area contributed by atoms with Crippen molar-refractivity contribution in [1.82, 2.24) is 5.32 Å². The molecule has 0 bridgehead atoms. The summed E-state index contributed by atoms with van der Waals surface area (Å²) in [6.45, 7) is 8.59. The van der Waals surface area contributed by atoms with Crippen molar-refractivity contribution < 1.29 is 26.7 Å². The van der Waals surface area contributed by atoms with E-state index in [0.717, 1.165) is 35.6 Å². The molecule has 0 unspecified atom stereocenters. The number of nitrogens with zero attached hydrogens (tertiary/aromatic N) is 2. The summed E-state index contributed by atoms with van der Waals surface area (Å²) in [6.07, 6.45) is 1.44. The van der Waals surface area contributed by atoms with Crippen LogP contribution >= 0.6 is 0 Å². The van der Waals surface area contributed by atoms with Gasteiger partial charge in [-0.1, -0.05) is 6.07 Å². The maximum absolute atomic E-state index is 12.4. The third kappa shape index (κ3) is 5.83. The first-order valence-corrected chi connectivity index (χ1v) is 9.94. The van der Waals surface area contributed by atoms with Crippen LogP contribution in [0.15, 0.2) is 48.2 Å². The van der Waals surface area contributed by atoms with Gasteiger partial charge in [0.25, 0.3) is 5.91 Å². The standard InChI is InChI=1S/C23H26N4O3.ClH/c1-4-27(5-2)19-7-8-20(16(3)10-19)25-14-18(12-24)23(28)26-13-17-6-9-21-22(11-17)30-15-29-21;/h6-11,14,25H,4-5,13,15H2,1-3H3,(H,26,28);1H/p-1/b18-14-;. The lowest BCUT2D eigenvalue weighted by Crippen LogP contribution is -3.00. The molecule has 1 heterocycles. The van der Waals surface area contributed by atoms with Crippen LogP contribution in [0.5, 0.6) is 11.5 Å². The first kappa shape index (κ1) is 23.9. The summed E-state index contributed by atoms with van der Waals surface area (Å²) >= 11 is 0. The molecule has 0 atom stereocenters. The Labute approximate surface area is 189 Å². The van der Waals surface area contributed by atoms with Crippen molar-refractivity contribution in [1.29, 1.82) is 5.26 Å². The van der Waals surface area contributed by atoms with Gasteiger partial charge < -0.3 is 37.4 Å². The van der Waals surface area contributed by atoms with E-state index in [4.69, 9.17) is 9.47 Å². The molecule has 0 aliphatic carbocycles. The number of benzene rings is 2. The molecule has 1 aliphatic heterocycles. The Hall–Kier alpha value is -3.37. The van der Waals surface area contributed by atoms with Gasteiger partial charge in [0.2, 0.25) is 6.79 Å². The second-order valence-corrected chi connectivity index (χ2v) is 6.86. The summed E-state index contributed by atoms with van der Waals surface area (Å²) in [5, 5.41) is 15.2. The summed E-state index contributed by atoms with van der Waals surface area (Å²) < 4.78 is 10.6. The molecule has 2 N–H and O–H groups in total. The van der Waals surface area contributed by atoms with E-state index in [1.807, 2.05) is 37.3 Å². The van der Waals surface area contributed by atoms with Crippen LogP contribution in [-0.4, -0.2) is 25.8 Å². The summed E-state index contributed by atoms with van der Waals surface area (Å²) in [4.78, 5) is 14.7. The van der Waals surface area contributed by atoms with Crippen LogP contribution in [0.3, 0.4) is 0 Å². The number of ether oxygens (including phenoxy) is 2. The fourth-order valence-corrected chi connectivity index (χ4v) is 3.22. The average Bonchev–Trinajstić information content (AvgIpc) is 3.22. The molecule has 164 valence electrons. The van der Waals surface area contributed by atoms with E-state index in [1.54, 1.807) is 6.07 Å². The lowest BCUT2D eigenvalue weighted by molar-refractivity contribution is -0.117. The molecule has 2 aromatic carbocycles. The second-order valence-electron chi connectivity index (χ2n) is 6.86. The summed E-state index contributed by atoms with van der Waals surface area (Å²) in [5.74, 6) is 0.900. The van der Waals surface area contributed by atoms with E-state index >= 15 is 0 Å². The van der Waals surface area contributed by atoms with Crippen molar-refractivity contribution in [3.8, 4) is 17.6 Å². The Morgan fingerprint density at radius 2 is 1.90 bits per heavy atom. The van der Waals surface area contributed by atoms with Crippen LogP contribution in [0.2, 0.25) is 0 Å². The zero-order valence-corrected chi connectivity index (χ0v) is 18.6. The third-order valence-electron chi connectivity index (χ3n) is 4.97. The number of hydrogen-bond acceptors (Lipinski definition) is 6. The van der Waals surface area contributed by atoms with E-state index in [-0.39, 0.29) is 31.3 Å². The van der Waals surface area contributed by atoms with E-state index in [9.17, 15) is 10.1 Å². The number of aryl methyl sites for hydroxylation is 1. The largest absolute Gasteiger partial charge is 1.00 e. The Morgan fingerprint density at radius 3 is 2.58 bits per heavy atom. The minimum Gasteiger partial charge on any atom is -1.00 e. The number of rotatable bonds is 8. The minimum atomic E-state index is -0.444. The highest BCUT2D eigenvalue weighted by atomic mass is 35.5. The first-order chi connectivity index (χ1) is 14.5. The van der Waals surface area contributed by atoms with Crippen molar-refractivity contribution in [2.45, 2.75) is 27.3 Å². The number of carbonyl (C=O) groups excluding carboxylic acids is 1. The third-order valence-corrected chi connectivity index (χ3v) is 4.97. The van der Waals surface area contributed by atoms with Gasteiger partial charge in [0.05, 0.1) is 0 Å². The maximum atomic E-state index is 12.4. The molecule has 2 aromatic rings. The summed E-state index contributed by atoms with van der Waals surface area (Å²) in [7, 11) is 0. The highest BCUT2D eigenvalue weighted by molar-refractivity contribution is 5.97. The molecule has 1 amide bonds. The van der Waals surface area contributed by atoms with Crippen LogP contribution in [-0.2, 0) is 11.3 Å². The summed E-state index contributed by atoms with van der Waals surface area (Å²) in [6, 6.07) is 13.5. The number of nitriles is 1. The molecular weight excluding hydrogens is 416 g/mol. The van der Waals surface area contributed by atoms with Crippen LogP contribution in [0.1, 0.15) is 25.0 Å². The smallest absolute Gasteiger partial charge is 0.263 e. The Balaban J connectivity index is 0.00000341. The van der Waals surface area contributed by atoms with Gasteiger partial charge in [-0.25, -0.2) is 0 Å². The Bertz CT molecular complexity index is 997. The van der Waals surface area contributed by atoms with E-state index in [2.05, 4.69) is 35.4 Å². The summed E-state index contributed by atoms with van der Waals surface area (Å²) in [5.41, 5.74) is 3.90. The molecule has 8 heteroatoms. The Morgan fingerprint density at radius 1 is 1.16 bits per heavy atom. The molecule has 0 spiro atoms. The number of halogens is 1. The van der Waals surface area contributed by atoms with Crippen LogP contribution in [0, 0.1) is 18.3 Å². The van der Waals surface area contributed by atoms with Crippen LogP contribution < -0.4 is 37.4 Å². The fraction of sp³-hybridized carbons (Fsp3) is 0.304. The lowest BCUT2D eigenvalue weighted by atomic mass is 10.1. The predicted octanol–water partition coefficient (Wildman–Crippen LogP) is 0.710. The normalized spacial score (nSPS) is 11.9. The molecule has 0 aromatic heterocycles. The monoisotopic (exact) mass is 441 g/mol. The topological polar surface area (TPSA) is 86.6 Å². The van der Waals surface area contributed by atoms with Crippen molar-refractivity contribution in [2.24, 2.45) is 0 Å². The molecule has 0 saturated carbocycles. The van der Waals surface area contributed by atoms with Crippen molar-refractivity contribution >= 4 is 17.3 Å². The number of nitrogens with one attached hydrogen (secondary N) is 2. The quantitative estimate of drug-likeness (QED) is 0.463. The van der Waals surface area contributed by atoms with E-state index in [1.165, 1.54) is 6.20 Å². The molecule has 3 rings (SSSR count). The van der Waals surface area contributed by atoms with Gasteiger partial charge in [-0.2, -0.15) is 5.26 Å². The van der Waals surface area contributed by atoms with Crippen LogP contribution in [0.4, 0.5) is 11.4 Å². The number of amides is 1. The molecular formula is C23H26ClN4O3-. The highest BCUT2D eigenvalue weighted by Crippen LogP contribution is 2.32. The molecule has 1 aliphatic rings. The van der Waals surface area contributed by atoms with E-state index < -0.39 is 5.91 Å². The van der Waals surface area contributed by atoms with Gasteiger partial charge in [-0.05, 0) is 62.2 Å². The van der Waals surface area contributed by atoms with Gasteiger partial charge in [-0.15, -0.1) is 0 Å². The number of fused-ring (bicyclic) bond motifs is 1. The van der Waals surface area contributed by atoms with Gasteiger partial charge in [-0.3, -0.25) is 4.79 Å². The number of anilines is 2. The average molecular weight is 442 g/mol. The van der Waals surface area contributed by atoms with Gasteiger partial charge >= 0.3 is 0 Å². The fourth-order valence-electron chi connectivity index (χ4n) is 3.22. The number of hydrogen-bond donors (Lipinski definition) is 2. The minimum absolute atomic E-state index is 0. The predicted molar refractivity (Wildman–Crippen MR) is 116 cm³/mol. The molecule has 7 nitrogen and oxygen atoms in total.